The molecule has 4 fully saturated rings. The number of nitrogens with one attached hydrogen (secondary N) is 1. The van der Waals surface area contributed by atoms with Crippen LogP contribution < -0.4 is 39.7 Å². The van der Waals surface area contributed by atoms with Gasteiger partial charge in [0.25, 0.3) is 5.91 Å². The van der Waals surface area contributed by atoms with Gasteiger partial charge in [-0.25, -0.2) is 0 Å². The first-order valence-electron chi connectivity index (χ1n) is 16.1. The van der Waals surface area contributed by atoms with Gasteiger partial charge in [0.15, 0.2) is 25.0 Å². The summed E-state index contributed by atoms with van der Waals surface area (Å²) in [4.78, 5) is 12.7. The molecule has 3 saturated heterocycles. The fraction of sp³-hybridized carbons (Fsp3) is 0.963. The summed E-state index contributed by atoms with van der Waals surface area (Å²) < 4.78 is 35.1. The average Bonchev–Trinajstić information content (AvgIpc) is 3.38. The fourth-order valence-corrected chi connectivity index (χ4v) is 6.37. The van der Waals surface area contributed by atoms with E-state index in [1.165, 1.54) is 0 Å². The Hall–Kier alpha value is -1.33. The van der Waals surface area contributed by atoms with Crippen LogP contribution in [0.2, 0.25) is 0 Å². The van der Waals surface area contributed by atoms with Gasteiger partial charge in [-0.1, -0.05) is 0 Å². The zero-order valence-electron chi connectivity index (χ0n) is 26.7. The Bertz CT molecular complexity index is 1060. The van der Waals surface area contributed by atoms with Crippen molar-refractivity contribution < 1.29 is 74.1 Å². The van der Waals surface area contributed by atoms with E-state index in [1.807, 2.05) is 0 Å². The zero-order valence-corrected chi connectivity index (χ0v) is 26.7. The predicted molar refractivity (Wildman–Crippen MR) is 162 cm³/mol. The van der Waals surface area contributed by atoms with Crippen LogP contribution in [-0.4, -0.2) is 195 Å². The van der Waals surface area contributed by atoms with Crippen LogP contribution in [0.1, 0.15) is 12.8 Å². The highest BCUT2D eigenvalue weighted by molar-refractivity contribution is 5.81. The Labute approximate surface area is 281 Å². The lowest BCUT2D eigenvalue weighted by Crippen LogP contribution is -2.68. The number of amides is 1. The number of hydrogen-bond donors (Lipinski definition) is 15. The monoisotopic (exact) mass is 715 g/mol. The van der Waals surface area contributed by atoms with Crippen molar-refractivity contribution in [3.8, 4) is 0 Å². The third-order valence-corrected chi connectivity index (χ3v) is 9.40. The Kier molecular flexibility index (Phi) is 14.4. The molecule has 3 heterocycles. The molecular formula is C27H53N7O15. The van der Waals surface area contributed by atoms with Crippen molar-refractivity contribution in [2.45, 2.75) is 135 Å². The van der Waals surface area contributed by atoms with Gasteiger partial charge < -0.3 is 109 Å². The van der Waals surface area contributed by atoms with Gasteiger partial charge in [-0.15, -0.1) is 0 Å². The molecule has 4 aliphatic rings. The molecule has 286 valence electrons. The van der Waals surface area contributed by atoms with Gasteiger partial charge in [0.2, 0.25) is 0 Å². The Morgan fingerprint density at radius 3 is 1.96 bits per heavy atom. The number of aliphatic hydroxyl groups excluding tert-OH is 8. The molecule has 0 bridgehead atoms. The van der Waals surface area contributed by atoms with Crippen molar-refractivity contribution in [1.82, 2.24) is 5.32 Å². The maximum absolute atomic E-state index is 12.7. The molecule has 0 radical (unpaired) electrons. The third kappa shape index (κ3) is 8.83. The van der Waals surface area contributed by atoms with E-state index < -0.39 is 141 Å². The van der Waals surface area contributed by atoms with Crippen molar-refractivity contribution in [2.24, 2.45) is 34.4 Å². The summed E-state index contributed by atoms with van der Waals surface area (Å²) in [6.07, 6.45) is -22.6. The molecule has 0 aromatic rings. The summed E-state index contributed by atoms with van der Waals surface area (Å²) in [7, 11) is 0. The van der Waals surface area contributed by atoms with Gasteiger partial charge in [-0.05, 0) is 6.42 Å². The second-order valence-corrected chi connectivity index (χ2v) is 12.9. The van der Waals surface area contributed by atoms with Crippen LogP contribution >= 0.6 is 0 Å². The highest BCUT2D eigenvalue weighted by Crippen LogP contribution is 2.34. The van der Waals surface area contributed by atoms with Crippen LogP contribution in [0.3, 0.4) is 0 Å². The maximum atomic E-state index is 12.7. The fourth-order valence-electron chi connectivity index (χ4n) is 6.37. The number of ether oxygens (including phenoxy) is 6. The lowest BCUT2D eigenvalue weighted by Gasteiger charge is -2.47. The SMILES string of the molecule is NC[C@@H]1C[C@@H](O)[C@@H](N)[C@@H](O[C@H]2[C@H](O[C@@H]3O[C@H](CO)C(O[C@H]4O[C@@H](CN)[C@@H](O)[C@H](O)[C@H]4N)[C@H]3O)[C@@H](O)[C@H](NC(=O)[C@@H](O)[C@H](O)CN)C[C@@H]2N)O1. The number of carbonyl (C=O) groups excluding carboxylic acids is 1. The number of nitrogens with two attached hydrogens (primary N) is 6. The standard InChI is InChI=1S/C27H53N7O15/c28-3-7-1-10(36)14(32)25(44-7)47-21-8(31)2-9(34-24(43)17(39)11(37)4-29)16(38)23(21)49-27-20(42)22(13(6-35)46-27)48-26-15(33)19(41)18(40)12(5-30)45-26/h7-23,25-27,35-42H,1-6,28-33H2,(H,34,43)/t7-,8-,9+,10+,11+,12-,13+,14+,15+,16-,17-,18+,19+,20+,21+,22?,23+,25+,26+,27-/m0/s1. The van der Waals surface area contributed by atoms with Crippen molar-refractivity contribution in [3.63, 3.8) is 0 Å². The summed E-state index contributed by atoms with van der Waals surface area (Å²) in [6, 6.07) is -4.65. The molecule has 4 rings (SSSR count). The van der Waals surface area contributed by atoms with Crippen LogP contribution in [-0.2, 0) is 33.2 Å². The minimum Gasteiger partial charge on any atom is -0.394 e. The lowest BCUT2D eigenvalue weighted by atomic mass is 9.83. The van der Waals surface area contributed by atoms with Crippen molar-refractivity contribution in [3.05, 3.63) is 0 Å². The lowest BCUT2D eigenvalue weighted by molar-refractivity contribution is -0.295. The molecule has 49 heavy (non-hydrogen) atoms. The summed E-state index contributed by atoms with van der Waals surface area (Å²) >= 11 is 0. The first-order valence-corrected chi connectivity index (χ1v) is 16.1. The number of rotatable bonds is 13. The van der Waals surface area contributed by atoms with Crippen molar-refractivity contribution in [1.29, 1.82) is 0 Å². The van der Waals surface area contributed by atoms with E-state index >= 15 is 0 Å². The van der Waals surface area contributed by atoms with E-state index in [1.54, 1.807) is 0 Å². The molecule has 0 aromatic carbocycles. The zero-order chi connectivity index (χ0) is 36.3. The summed E-state index contributed by atoms with van der Waals surface area (Å²) in [5.41, 5.74) is 35.3. The summed E-state index contributed by atoms with van der Waals surface area (Å²) in [6.45, 7) is -1.33. The van der Waals surface area contributed by atoms with E-state index in [0.29, 0.717) is 0 Å². The third-order valence-electron chi connectivity index (χ3n) is 9.40. The van der Waals surface area contributed by atoms with Gasteiger partial charge in [0.05, 0.1) is 36.9 Å². The number of aliphatic hydroxyl groups is 8. The Morgan fingerprint density at radius 1 is 0.735 bits per heavy atom. The largest absolute Gasteiger partial charge is 0.394 e. The molecule has 22 nitrogen and oxygen atoms in total. The summed E-state index contributed by atoms with van der Waals surface area (Å²) in [5, 5.41) is 86.4. The van der Waals surface area contributed by atoms with Crippen molar-refractivity contribution in [2.75, 3.05) is 26.2 Å². The molecule has 0 spiro atoms. The molecule has 21 N–H and O–H groups in total. The van der Waals surface area contributed by atoms with E-state index in [4.69, 9.17) is 62.8 Å². The second-order valence-electron chi connectivity index (χ2n) is 12.9. The van der Waals surface area contributed by atoms with Gasteiger partial charge in [0, 0.05) is 32.1 Å². The average molecular weight is 716 g/mol. The van der Waals surface area contributed by atoms with E-state index in [9.17, 15) is 45.6 Å². The Balaban J connectivity index is 1.57. The molecule has 0 aromatic heterocycles. The minimum atomic E-state index is -1.94. The maximum Gasteiger partial charge on any atom is 0.251 e. The highest BCUT2D eigenvalue weighted by atomic mass is 16.8. The van der Waals surface area contributed by atoms with Gasteiger partial charge in [-0.3, -0.25) is 4.79 Å². The van der Waals surface area contributed by atoms with Crippen LogP contribution in [0.5, 0.6) is 0 Å². The first kappa shape index (κ1) is 40.4. The molecule has 22 heteroatoms. The van der Waals surface area contributed by atoms with Gasteiger partial charge in [-0.2, -0.15) is 0 Å². The molecule has 1 saturated carbocycles. The molecule has 1 amide bonds. The Morgan fingerprint density at radius 2 is 1.35 bits per heavy atom. The van der Waals surface area contributed by atoms with Gasteiger partial charge in [0.1, 0.15) is 61.0 Å². The van der Waals surface area contributed by atoms with E-state index in [0.717, 1.165) is 0 Å². The van der Waals surface area contributed by atoms with Crippen LogP contribution in [0.25, 0.3) is 0 Å². The normalized spacial score (nSPS) is 47.5. The molecule has 3 aliphatic heterocycles. The first-order chi connectivity index (χ1) is 23.2. The minimum absolute atomic E-state index is 0.0242. The number of carbonyl (C=O) groups is 1. The molecular weight excluding hydrogens is 662 g/mol. The van der Waals surface area contributed by atoms with Crippen LogP contribution in [0, 0.1) is 0 Å². The van der Waals surface area contributed by atoms with E-state index in [2.05, 4.69) is 5.32 Å². The number of hydrogen-bond acceptors (Lipinski definition) is 21. The van der Waals surface area contributed by atoms with Crippen LogP contribution in [0.4, 0.5) is 0 Å². The van der Waals surface area contributed by atoms with Crippen LogP contribution in [0.15, 0.2) is 0 Å². The molecule has 1 aliphatic carbocycles. The van der Waals surface area contributed by atoms with Gasteiger partial charge >= 0.3 is 0 Å². The highest BCUT2D eigenvalue weighted by Gasteiger charge is 2.54. The van der Waals surface area contributed by atoms with E-state index in [-0.39, 0.29) is 25.9 Å². The predicted octanol–water partition coefficient (Wildman–Crippen LogP) is -10.0. The second kappa shape index (κ2) is 17.5. The summed E-state index contributed by atoms with van der Waals surface area (Å²) in [5.74, 6) is -1.07. The molecule has 1 unspecified atom stereocenters. The van der Waals surface area contributed by atoms with Crippen molar-refractivity contribution >= 4 is 5.91 Å². The quantitative estimate of drug-likeness (QED) is 0.0841. The molecule has 20 atom stereocenters. The topological polar surface area (TPSA) is 402 Å². The smallest absolute Gasteiger partial charge is 0.251 e.